The lowest BCUT2D eigenvalue weighted by Crippen LogP contribution is -2.30. The maximum Gasteiger partial charge on any atom is 0.436 e. The van der Waals surface area contributed by atoms with E-state index in [1.807, 2.05) is 0 Å². The van der Waals surface area contributed by atoms with Crippen molar-refractivity contribution in [3.8, 4) is 0 Å². The minimum atomic E-state index is -4.64. The highest BCUT2D eigenvalue weighted by atomic mass is 35.5. The van der Waals surface area contributed by atoms with Gasteiger partial charge in [-0.2, -0.15) is 31.4 Å². The molecule has 0 atom stereocenters. The number of alkyl halides is 6. The summed E-state index contributed by atoms with van der Waals surface area (Å²) in [6.45, 7) is 0.388. The number of nitrogens with one attached hydrogen (secondary N) is 2. The number of anilines is 1. The van der Waals surface area contributed by atoms with Crippen LogP contribution in [0.25, 0.3) is 0 Å². The van der Waals surface area contributed by atoms with Crippen LogP contribution in [-0.2, 0) is 18.9 Å². The number of rotatable bonds is 6. The Hall–Kier alpha value is -2.01. The number of hydrogen-bond acceptors (Lipinski definition) is 2. The minimum Gasteiger partial charge on any atom is -0.362 e. The van der Waals surface area contributed by atoms with E-state index in [-0.39, 0.29) is 34.8 Å². The first-order valence-corrected chi connectivity index (χ1v) is 9.81. The molecule has 1 aromatic heterocycles. The van der Waals surface area contributed by atoms with Gasteiger partial charge < -0.3 is 10.6 Å². The Kier molecular flexibility index (Phi) is 6.51. The topological polar surface area (TPSA) is 41.9 Å². The van der Waals surface area contributed by atoms with E-state index in [0.717, 1.165) is 18.9 Å². The molecule has 0 amide bonds. The highest BCUT2D eigenvalue weighted by molar-refractivity contribution is 7.80. The lowest BCUT2D eigenvalue weighted by molar-refractivity contribution is -0.141. The van der Waals surface area contributed by atoms with Crippen molar-refractivity contribution >= 4 is 34.6 Å². The van der Waals surface area contributed by atoms with Crippen LogP contribution in [0.3, 0.4) is 0 Å². The molecule has 1 aromatic carbocycles. The normalized spacial score (nSPS) is 14.6. The maximum atomic E-state index is 13.1. The number of thiocarbonyl (C=S) groups is 1. The van der Waals surface area contributed by atoms with E-state index in [1.54, 1.807) is 0 Å². The third-order valence-electron chi connectivity index (χ3n) is 4.48. The van der Waals surface area contributed by atoms with Crippen LogP contribution in [0, 0.1) is 0 Å². The minimum absolute atomic E-state index is 0.0244. The standard InChI is InChI=1S/C18H17ClF6N4S/c19-13-14(10-6-7-10)29(28-15(13)18(23,24)25)9-3-8-26-16(30)27-12-5-2-1-4-11(12)17(20,21)22/h1-2,4-5,10H,3,6-9H2,(H2,26,27,30). The van der Waals surface area contributed by atoms with Crippen LogP contribution < -0.4 is 10.6 Å². The van der Waals surface area contributed by atoms with Crippen LogP contribution in [0.4, 0.5) is 32.0 Å². The summed E-state index contributed by atoms with van der Waals surface area (Å²) in [5.74, 6) is -0.0318. The molecule has 4 nitrogen and oxygen atoms in total. The van der Waals surface area contributed by atoms with Crippen LogP contribution >= 0.6 is 23.8 Å². The van der Waals surface area contributed by atoms with Crippen molar-refractivity contribution in [1.29, 1.82) is 0 Å². The fourth-order valence-corrected chi connectivity index (χ4v) is 3.60. The summed E-state index contributed by atoms with van der Waals surface area (Å²) in [6, 6.07) is 4.90. The Morgan fingerprint density at radius 2 is 1.80 bits per heavy atom. The summed E-state index contributed by atoms with van der Waals surface area (Å²) in [6.07, 6.45) is -7.31. The Morgan fingerprint density at radius 3 is 2.40 bits per heavy atom. The van der Waals surface area contributed by atoms with Gasteiger partial charge in [-0.15, -0.1) is 0 Å². The van der Waals surface area contributed by atoms with E-state index >= 15 is 0 Å². The third kappa shape index (κ3) is 5.37. The summed E-state index contributed by atoms with van der Waals surface area (Å²) in [7, 11) is 0. The first-order valence-electron chi connectivity index (χ1n) is 9.03. The van der Waals surface area contributed by atoms with E-state index in [9.17, 15) is 26.3 Å². The molecule has 1 aliphatic rings. The van der Waals surface area contributed by atoms with Crippen LogP contribution in [0.1, 0.15) is 42.1 Å². The molecule has 3 rings (SSSR count). The van der Waals surface area contributed by atoms with E-state index in [0.29, 0.717) is 12.1 Å². The molecule has 2 aromatic rings. The number of hydrogen-bond donors (Lipinski definition) is 2. The molecule has 1 heterocycles. The molecule has 0 radical (unpaired) electrons. The van der Waals surface area contributed by atoms with Gasteiger partial charge in [-0.1, -0.05) is 23.7 Å². The van der Waals surface area contributed by atoms with Crippen molar-refractivity contribution < 1.29 is 26.3 Å². The monoisotopic (exact) mass is 470 g/mol. The third-order valence-corrected chi connectivity index (χ3v) is 5.10. The zero-order chi connectivity index (χ0) is 22.1. The zero-order valence-corrected chi connectivity index (χ0v) is 16.9. The molecule has 0 unspecified atom stereocenters. The van der Waals surface area contributed by atoms with Crippen LogP contribution in [0.5, 0.6) is 0 Å². The van der Waals surface area contributed by atoms with E-state index in [1.165, 1.54) is 22.9 Å². The molecule has 0 aliphatic heterocycles. The Bertz CT molecular complexity index is 920. The van der Waals surface area contributed by atoms with Gasteiger partial charge in [-0.25, -0.2) is 0 Å². The van der Waals surface area contributed by atoms with Crippen LogP contribution in [-0.4, -0.2) is 21.4 Å². The Morgan fingerprint density at radius 1 is 1.13 bits per heavy atom. The second-order valence-corrected chi connectivity index (χ2v) is 7.61. The SMILES string of the molecule is FC(F)(F)c1ccccc1NC(=S)NCCCn1nc(C(F)(F)F)c(Cl)c1C1CC1. The lowest BCUT2D eigenvalue weighted by atomic mass is 10.1. The average molecular weight is 471 g/mol. The van der Waals surface area contributed by atoms with Gasteiger partial charge in [0, 0.05) is 19.0 Å². The molecule has 0 saturated heterocycles. The number of aryl methyl sites for hydroxylation is 1. The highest BCUT2D eigenvalue weighted by Gasteiger charge is 2.42. The summed E-state index contributed by atoms with van der Waals surface area (Å²) < 4.78 is 79.5. The van der Waals surface area contributed by atoms with E-state index in [4.69, 9.17) is 23.8 Å². The second-order valence-electron chi connectivity index (χ2n) is 6.82. The summed E-state index contributed by atoms with van der Waals surface area (Å²) >= 11 is 10.9. The summed E-state index contributed by atoms with van der Waals surface area (Å²) in [5, 5.41) is 8.49. The van der Waals surface area contributed by atoms with Crippen LogP contribution in [0.2, 0.25) is 5.02 Å². The van der Waals surface area contributed by atoms with Crippen molar-refractivity contribution in [3.05, 3.63) is 46.2 Å². The van der Waals surface area contributed by atoms with Crippen molar-refractivity contribution in [3.63, 3.8) is 0 Å². The van der Waals surface area contributed by atoms with E-state index in [2.05, 4.69) is 15.7 Å². The van der Waals surface area contributed by atoms with Crippen LogP contribution in [0.15, 0.2) is 24.3 Å². The number of halogens is 7. The van der Waals surface area contributed by atoms with Crippen molar-refractivity contribution in [2.24, 2.45) is 0 Å². The van der Waals surface area contributed by atoms with E-state index < -0.39 is 23.6 Å². The molecule has 1 saturated carbocycles. The molecule has 1 aliphatic carbocycles. The van der Waals surface area contributed by atoms with Crippen molar-refractivity contribution in [2.45, 2.75) is 44.1 Å². The summed E-state index contributed by atoms with van der Waals surface area (Å²) in [5.41, 5.74) is -1.76. The van der Waals surface area contributed by atoms with Gasteiger partial charge in [-0.3, -0.25) is 4.68 Å². The van der Waals surface area contributed by atoms with Gasteiger partial charge in [0.15, 0.2) is 10.8 Å². The molecule has 0 bridgehead atoms. The van der Waals surface area contributed by atoms with Gasteiger partial charge in [0.05, 0.1) is 22.0 Å². The molecular weight excluding hydrogens is 454 g/mol. The number of aromatic nitrogens is 2. The molecule has 30 heavy (non-hydrogen) atoms. The van der Waals surface area contributed by atoms with Crippen molar-refractivity contribution in [2.75, 3.05) is 11.9 Å². The number of nitrogens with zero attached hydrogens (tertiary/aromatic N) is 2. The predicted octanol–water partition coefficient (Wildman–Crippen LogP) is 5.83. The van der Waals surface area contributed by atoms with Gasteiger partial charge in [0.2, 0.25) is 0 Å². The zero-order valence-electron chi connectivity index (χ0n) is 15.4. The maximum absolute atomic E-state index is 13.1. The Balaban J connectivity index is 1.57. The first kappa shape index (κ1) is 22.7. The second kappa shape index (κ2) is 8.62. The number of para-hydroxylation sites is 1. The van der Waals surface area contributed by atoms with Gasteiger partial charge >= 0.3 is 12.4 Å². The summed E-state index contributed by atoms with van der Waals surface area (Å²) in [4.78, 5) is 0. The fraction of sp³-hybridized carbons (Fsp3) is 0.444. The predicted molar refractivity (Wildman–Crippen MR) is 104 cm³/mol. The van der Waals surface area contributed by atoms with Crippen molar-refractivity contribution in [1.82, 2.24) is 15.1 Å². The van der Waals surface area contributed by atoms with Gasteiger partial charge in [-0.05, 0) is 43.6 Å². The molecule has 12 heteroatoms. The van der Waals surface area contributed by atoms with Gasteiger partial charge in [0.1, 0.15) is 0 Å². The smallest absolute Gasteiger partial charge is 0.362 e. The quantitative estimate of drug-likeness (QED) is 0.317. The molecule has 2 N–H and O–H groups in total. The fourth-order valence-electron chi connectivity index (χ4n) is 2.99. The number of benzene rings is 1. The Labute approximate surface area is 178 Å². The molecular formula is C18H17ClF6N4S. The average Bonchev–Trinajstić information content (AvgIpc) is 3.40. The largest absolute Gasteiger partial charge is 0.436 e. The highest BCUT2D eigenvalue weighted by Crippen LogP contribution is 2.46. The first-order chi connectivity index (χ1) is 14.0. The lowest BCUT2D eigenvalue weighted by Gasteiger charge is -2.16. The molecule has 1 fully saturated rings. The molecule has 0 spiro atoms. The van der Waals surface area contributed by atoms with Gasteiger partial charge in [0.25, 0.3) is 0 Å². The molecule has 164 valence electrons.